The zero-order valence-corrected chi connectivity index (χ0v) is 8.61. The summed E-state index contributed by atoms with van der Waals surface area (Å²) in [4.78, 5) is 19.2. The molecule has 2 N–H and O–H groups in total. The zero-order chi connectivity index (χ0) is 9.90. The molecule has 0 aromatic heterocycles. The van der Waals surface area contributed by atoms with E-state index >= 15 is 0 Å². The van der Waals surface area contributed by atoms with Crippen molar-refractivity contribution in [1.29, 1.82) is 0 Å². The first-order valence-corrected chi connectivity index (χ1v) is 5.72. The quantitative estimate of drug-likeness (QED) is 0.728. The summed E-state index contributed by atoms with van der Waals surface area (Å²) in [5, 5.41) is 0.448. The molecule has 13 heavy (non-hydrogen) atoms. The van der Waals surface area contributed by atoms with E-state index in [0.717, 1.165) is 0 Å². The molecule has 4 heteroatoms. The van der Waals surface area contributed by atoms with Crippen LogP contribution in [0, 0.1) is 0 Å². The third kappa shape index (κ3) is 3.05. The highest BCUT2D eigenvalue weighted by Crippen LogP contribution is 2.50. The SMILES string of the molecule is CC(C)O[P+](O)(O)c1ccccc1. The molecule has 0 aliphatic carbocycles. The molecule has 0 aliphatic heterocycles. The zero-order valence-electron chi connectivity index (χ0n) is 7.71. The van der Waals surface area contributed by atoms with Crippen LogP contribution in [0.1, 0.15) is 13.8 Å². The maximum absolute atomic E-state index is 9.60. The maximum atomic E-state index is 9.60. The second kappa shape index (κ2) is 4.16. The third-order valence-corrected chi connectivity index (χ3v) is 3.14. The fourth-order valence-corrected chi connectivity index (χ4v) is 2.25. The van der Waals surface area contributed by atoms with E-state index in [1.54, 1.807) is 38.1 Å². The van der Waals surface area contributed by atoms with Crippen LogP contribution in [0.5, 0.6) is 0 Å². The van der Waals surface area contributed by atoms with Crippen LogP contribution in [0.2, 0.25) is 0 Å². The van der Waals surface area contributed by atoms with Crippen LogP contribution in [0.4, 0.5) is 0 Å². The second-order valence-electron chi connectivity index (χ2n) is 3.03. The first kappa shape index (κ1) is 10.6. The number of benzene rings is 1. The van der Waals surface area contributed by atoms with Crippen LogP contribution in [0.25, 0.3) is 0 Å². The van der Waals surface area contributed by atoms with Crippen LogP contribution in [0.3, 0.4) is 0 Å². The number of hydrogen-bond donors (Lipinski definition) is 2. The van der Waals surface area contributed by atoms with E-state index in [0.29, 0.717) is 5.30 Å². The molecule has 0 aliphatic rings. The Morgan fingerprint density at radius 2 is 1.69 bits per heavy atom. The summed E-state index contributed by atoms with van der Waals surface area (Å²) >= 11 is 0. The van der Waals surface area contributed by atoms with Gasteiger partial charge in [-0.1, -0.05) is 18.2 Å². The monoisotopic (exact) mass is 201 g/mol. The predicted octanol–water partition coefficient (Wildman–Crippen LogP) is 1.48. The van der Waals surface area contributed by atoms with Gasteiger partial charge in [0.05, 0.1) is 0 Å². The average molecular weight is 201 g/mol. The molecule has 0 saturated heterocycles. The Morgan fingerprint density at radius 3 is 2.15 bits per heavy atom. The van der Waals surface area contributed by atoms with Crippen molar-refractivity contribution in [3.8, 4) is 0 Å². The molecule has 0 radical (unpaired) electrons. The summed E-state index contributed by atoms with van der Waals surface area (Å²) in [5.41, 5.74) is 0. The molecule has 0 saturated carbocycles. The van der Waals surface area contributed by atoms with E-state index in [1.165, 1.54) is 0 Å². The largest absolute Gasteiger partial charge is 0.443 e. The van der Waals surface area contributed by atoms with E-state index in [1.807, 2.05) is 6.07 Å². The van der Waals surface area contributed by atoms with Crippen molar-refractivity contribution in [2.24, 2.45) is 0 Å². The highest BCUT2D eigenvalue weighted by molar-refractivity contribution is 7.67. The first-order chi connectivity index (χ1) is 6.02. The lowest BCUT2D eigenvalue weighted by Crippen LogP contribution is -2.15. The van der Waals surface area contributed by atoms with Crippen LogP contribution in [-0.4, -0.2) is 15.9 Å². The van der Waals surface area contributed by atoms with Gasteiger partial charge in [-0.05, 0) is 26.0 Å². The second-order valence-corrected chi connectivity index (χ2v) is 4.85. The van der Waals surface area contributed by atoms with Gasteiger partial charge >= 0.3 is 7.94 Å². The van der Waals surface area contributed by atoms with Gasteiger partial charge in [0.25, 0.3) is 0 Å². The van der Waals surface area contributed by atoms with Crippen molar-refractivity contribution < 1.29 is 14.3 Å². The van der Waals surface area contributed by atoms with Gasteiger partial charge in [-0.25, -0.2) is 0 Å². The predicted molar refractivity (Wildman–Crippen MR) is 53.7 cm³/mol. The highest BCUT2D eigenvalue weighted by Gasteiger charge is 2.40. The van der Waals surface area contributed by atoms with Crippen molar-refractivity contribution in [1.82, 2.24) is 0 Å². The summed E-state index contributed by atoms with van der Waals surface area (Å²) < 4.78 is 5.05. The van der Waals surface area contributed by atoms with Gasteiger partial charge in [-0.3, -0.25) is 0 Å². The summed E-state index contributed by atoms with van der Waals surface area (Å²) in [7, 11) is -3.35. The highest BCUT2D eigenvalue weighted by atomic mass is 31.2. The molecule has 0 atom stereocenters. The summed E-state index contributed by atoms with van der Waals surface area (Å²) in [6.45, 7) is 3.54. The minimum absolute atomic E-state index is 0.191. The Bertz CT molecular complexity index is 259. The molecule has 0 spiro atoms. The molecule has 1 aromatic carbocycles. The van der Waals surface area contributed by atoms with Crippen LogP contribution in [-0.2, 0) is 4.52 Å². The number of hydrogen-bond acceptors (Lipinski definition) is 3. The lowest BCUT2D eigenvalue weighted by Gasteiger charge is -2.12. The smallest absolute Gasteiger partial charge is 0.188 e. The molecule has 0 amide bonds. The maximum Gasteiger partial charge on any atom is 0.443 e. The average Bonchev–Trinajstić information content (AvgIpc) is 2.04. The van der Waals surface area contributed by atoms with Crippen molar-refractivity contribution in [2.75, 3.05) is 0 Å². The molecule has 0 heterocycles. The van der Waals surface area contributed by atoms with Gasteiger partial charge in [-0.15, -0.1) is 0 Å². The van der Waals surface area contributed by atoms with Gasteiger partial charge in [0.1, 0.15) is 6.10 Å². The van der Waals surface area contributed by atoms with Crippen LogP contribution >= 0.6 is 7.94 Å². The molecule has 0 fully saturated rings. The summed E-state index contributed by atoms with van der Waals surface area (Å²) in [6.07, 6.45) is -0.191. The molecule has 3 nitrogen and oxygen atoms in total. The Morgan fingerprint density at radius 1 is 1.15 bits per heavy atom. The molecule has 72 valence electrons. The molecular weight excluding hydrogens is 187 g/mol. The van der Waals surface area contributed by atoms with E-state index in [-0.39, 0.29) is 6.10 Å². The van der Waals surface area contributed by atoms with E-state index < -0.39 is 7.94 Å². The van der Waals surface area contributed by atoms with Crippen molar-refractivity contribution in [3.63, 3.8) is 0 Å². The van der Waals surface area contributed by atoms with Gasteiger partial charge in [-0.2, -0.15) is 14.3 Å². The normalized spacial score (nSPS) is 12.1. The Balaban J connectivity index is 2.81. The first-order valence-electron chi connectivity index (χ1n) is 4.11. The van der Waals surface area contributed by atoms with E-state index in [9.17, 15) is 9.79 Å². The van der Waals surface area contributed by atoms with Crippen LogP contribution < -0.4 is 5.30 Å². The van der Waals surface area contributed by atoms with Gasteiger partial charge in [0.15, 0.2) is 5.30 Å². The molecule has 0 unspecified atom stereocenters. The molecule has 1 rings (SSSR count). The minimum atomic E-state index is -3.35. The fourth-order valence-electron chi connectivity index (χ4n) is 0.977. The van der Waals surface area contributed by atoms with Gasteiger partial charge in [0, 0.05) is 0 Å². The Hall–Kier alpha value is -0.470. The third-order valence-electron chi connectivity index (χ3n) is 1.45. The Kier molecular flexibility index (Phi) is 3.40. The van der Waals surface area contributed by atoms with Gasteiger partial charge in [0.2, 0.25) is 0 Å². The van der Waals surface area contributed by atoms with E-state index in [4.69, 9.17) is 4.52 Å². The summed E-state index contributed by atoms with van der Waals surface area (Å²) in [6, 6.07) is 8.62. The van der Waals surface area contributed by atoms with E-state index in [2.05, 4.69) is 0 Å². The van der Waals surface area contributed by atoms with Crippen LogP contribution in [0.15, 0.2) is 30.3 Å². The summed E-state index contributed by atoms with van der Waals surface area (Å²) in [5.74, 6) is 0. The van der Waals surface area contributed by atoms with Crippen molar-refractivity contribution in [3.05, 3.63) is 30.3 Å². The molecular formula is C9H14O3P+. The number of rotatable bonds is 3. The molecule has 1 aromatic rings. The topological polar surface area (TPSA) is 49.7 Å². The van der Waals surface area contributed by atoms with Crippen molar-refractivity contribution in [2.45, 2.75) is 20.0 Å². The lowest BCUT2D eigenvalue weighted by atomic mass is 10.4. The minimum Gasteiger partial charge on any atom is -0.188 e. The fraction of sp³-hybridized carbons (Fsp3) is 0.333. The standard InChI is InChI=1S/C9H14O3P/c1-8(2)12-13(10,11)9-6-4-3-5-7-9/h3-8,10-11H,1-2H3/q+1. The Labute approximate surface area is 78.6 Å². The van der Waals surface area contributed by atoms with Crippen molar-refractivity contribution >= 4 is 13.2 Å². The molecule has 0 bridgehead atoms. The lowest BCUT2D eigenvalue weighted by molar-refractivity contribution is 0.189. The van der Waals surface area contributed by atoms with Gasteiger partial charge < -0.3 is 0 Å².